The molecule has 2 nitrogen and oxygen atoms in total. The summed E-state index contributed by atoms with van der Waals surface area (Å²) in [4.78, 5) is 0. The van der Waals surface area contributed by atoms with E-state index in [4.69, 9.17) is 9.47 Å². The molecule has 0 unspecified atom stereocenters. The van der Waals surface area contributed by atoms with Crippen molar-refractivity contribution >= 4 is 0 Å². The van der Waals surface area contributed by atoms with E-state index in [1.165, 1.54) is 16.7 Å². The summed E-state index contributed by atoms with van der Waals surface area (Å²) in [7, 11) is 3.26. The van der Waals surface area contributed by atoms with Crippen LogP contribution in [0.3, 0.4) is 0 Å². The van der Waals surface area contributed by atoms with E-state index in [9.17, 15) is 0 Å². The predicted molar refractivity (Wildman–Crippen MR) is 98.7 cm³/mol. The molecule has 0 fully saturated rings. The SMILES string of the molecule is C=CCc1ccc(OC)c(OC)c1.Cc1ccc(C(C)C)cc1. The van der Waals surface area contributed by atoms with Gasteiger partial charge in [0, 0.05) is 0 Å². The van der Waals surface area contributed by atoms with Crippen molar-refractivity contribution in [2.24, 2.45) is 0 Å². The second-order valence-electron chi connectivity index (χ2n) is 5.75. The second-order valence-corrected chi connectivity index (χ2v) is 5.75. The highest BCUT2D eigenvalue weighted by molar-refractivity contribution is 5.43. The van der Waals surface area contributed by atoms with Crippen molar-refractivity contribution in [1.82, 2.24) is 0 Å². The molecule has 23 heavy (non-hydrogen) atoms. The Labute approximate surface area is 140 Å². The van der Waals surface area contributed by atoms with Crippen molar-refractivity contribution < 1.29 is 9.47 Å². The monoisotopic (exact) mass is 312 g/mol. The predicted octanol–water partition coefficient (Wildman–Crippen LogP) is 5.55. The van der Waals surface area contributed by atoms with Gasteiger partial charge in [-0.1, -0.05) is 55.8 Å². The minimum Gasteiger partial charge on any atom is -0.493 e. The van der Waals surface area contributed by atoms with Gasteiger partial charge in [-0.25, -0.2) is 0 Å². The van der Waals surface area contributed by atoms with E-state index in [0.717, 1.165) is 17.9 Å². The van der Waals surface area contributed by atoms with E-state index in [2.05, 4.69) is 51.6 Å². The molecule has 124 valence electrons. The average molecular weight is 312 g/mol. The summed E-state index contributed by atoms with van der Waals surface area (Å²) in [6.07, 6.45) is 2.71. The molecule has 2 aromatic rings. The van der Waals surface area contributed by atoms with Crippen LogP contribution in [0.4, 0.5) is 0 Å². The third-order valence-corrected chi connectivity index (χ3v) is 3.57. The summed E-state index contributed by atoms with van der Waals surface area (Å²) in [5, 5.41) is 0. The van der Waals surface area contributed by atoms with Crippen LogP contribution in [0, 0.1) is 6.92 Å². The lowest BCUT2D eigenvalue weighted by Gasteiger charge is -2.08. The number of ether oxygens (including phenoxy) is 2. The minimum atomic E-state index is 0.653. The number of rotatable bonds is 5. The fraction of sp³-hybridized carbons (Fsp3) is 0.333. The van der Waals surface area contributed by atoms with Crippen LogP contribution in [0.1, 0.15) is 36.5 Å². The van der Waals surface area contributed by atoms with Crippen molar-refractivity contribution in [3.8, 4) is 11.5 Å². The summed E-state index contributed by atoms with van der Waals surface area (Å²) in [5.41, 5.74) is 3.93. The van der Waals surface area contributed by atoms with Crippen LogP contribution in [-0.2, 0) is 6.42 Å². The maximum atomic E-state index is 5.16. The minimum absolute atomic E-state index is 0.653. The van der Waals surface area contributed by atoms with Gasteiger partial charge in [0.15, 0.2) is 11.5 Å². The first-order chi connectivity index (χ1) is 11.0. The van der Waals surface area contributed by atoms with Gasteiger partial charge in [0.05, 0.1) is 14.2 Å². The highest BCUT2D eigenvalue weighted by Crippen LogP contribution is 2.27. The topological polar surface area (TPSA) is 18.5 Å². The molecular weight excluding hydrogens is 284 g/mol. The van der Waals surface area contributed by atoms with Crippen LogP contribution >= 0.6 is 0 Å². The van der Waals surface area contributed by atoms with E-state index in [1.54, 1.807) is 14.2 Å². The smallest absolute Gasteiger partial charge is 0.160 e. The van der Waals surface area contributed by atoms with Crippen LogP contribution in [-0.4, -0.2) is 14.2 Å². The van der Waals surface area contributed by atoms with Crippen LogP contribution in [0.25, 0.3) is 0 Å². The van der Waals surface area contributed by atoms with Gasteiger partial charge < -0.3 is 9.47 Å². The Morgan fingerprint density at radius 3 is 2.04 bits per heavy atom. The first-order valence-corrected chi connectivity index (χ1v) is 7.90. The van der Waals surface area contributed by atoms with Crippen LogP contribution in [0.15, 0.2) is 55.1 Å². The quantitative estimate of drug-likeness (QED) is 0.674. The standard InChI is InChI=1S/C11H14O2.C10H14/c1-4-5-9-6-7-10(12-2)11(8-9)13-3;1-8(2)10-6-4-9(3)5-7-10/h4,6-8H,1,5H2,2-3H3;4-8H,1-3H3. The first-order valence-electron chi connectivity index (χ1n) is 7.90. The van der Waals surface area contributed by atoms with Gasteiger partial charge in [-0.05, 0) is 42.5 Å². The van der Waals surface area contributed by atoms with Crippen LogP contribution < -0.4 is 9.47 Å². The second kappa shape index (κ2) is 9.73. The average Bonchev–Trinajstić information content (AvgIpc) is 2.56. The van der Waals surface area contributed by atoms with Crippen molar-refractivity contribution in [2.45, 2.75) is 33.1 Å². The Morgan fingerprint density at radius 2 is 1.57 bits per heavy atom. The number of hydrogen-bond donors (Lipinski definition) is 0. The number of aryl methyl sites for hydroxylation is 1. The van der Waals surface area contributed by atoms with E-state index in [0.29, 0.717) is 5.92 Å². The van der Waals surface area contributed by atoms with Gasteiger partial charge >= 0.3 is 0 Å². The molecular formula is C21H28O2. The molecule has 0 atom stereocenters. The highest BCUT2D eigenvalue weighted by atomic mass is 16.5. The van der Waals surface area contributed by atoms with E-state index in [1.807, 2.05) is 24.3 Å². The molecule has 0 aromatic heterocycles. The van der Waals surface area contributed by atoms with Crippen molar-refractivity contribution in [1.29, 1.82) is 0 Å². The van der Waals surface area contributed by atoms with Crippen LogP contribution in [0.2, 0.25) is 0 Å². The first kappa shape index (κ1) is 18.8. The Bertz CT molecular complexity index is 598. The van der Waals surface area contributed by atoms with Crippen molar-refractivity contribution in [3.05, 3.63) is 71.8 Å². The largest absolute Gasteiger partial charge is 0.493 e. The molecule has 0 saturated carbocycles. The summed E-state index contributed by atoms with van der Waals surface area (Å²) in [5.74, 6) is 2.18. The zero-order chi connectivity index (χ0) is 17.2. The molecule has 0 amide bonds. The molecule has 2 heteroatoms. The van der Waals surface area contributed by atoms with Gasteiger partial charge in [0.25, 0.3) is 0 Å². The zero-order valence-corrected chi connectivity index (χ0v) is 14.9. The van der Waals surface area contributed by atoms with Crippen molar-refractivity contribution in [3.63, 3.8) is 0 Å². The Balaban J connectivity index is 0.000000238. The fourth-order valence-corrected chi connectivity index (χ4v) is 2.13. The lowest BCUT2D eigenvalue weighted by atomic mass is 10.0. The van der Waals surface area contributed by atoms with Gasteiger partial charge in [0.1, 0.15) is 0 Å². The van der Waals surface area contributed by atoms with Gasteiger partial charge in [-0.3, -0.25) is 0 Å². The van der Waals surface area contributed by atoms with Crippen molar-refractivity contribution in [2.75, 3.05) is 14.2 Å². The van der Waals surface area contributed by atoms with Gasteiger partial charge in [-0.2, -0.15) is 0 Å². The zero-order valence-electron chi connectivity index (χ0n) is 14.9. The normalized spacial score (nSPS) is 9.83. The highest BCUT2D eigenvalue weighted by Gasteiger charge is 2.02. The molecule has 0 N–H and O–H groups in total. The molecule has 0 aliphatic heterocycles. The Kier molecular flexibility index (Phi) is 7.96. The molecule has 0 aliphatic carbocycles. The summed E-state index contributed by atoms with van der Waals surface area (Å²) >= 11 is 0. The Hall–Kier alpha value is -2.22. The van der Waals surface area contributed by atoms with Crippen LogP contribution in [0.5, 0.6) is 11.5 Å². The third kappa shape index (κ3) is 6.19. The van der Waals surface area contributed by atoms with E-state index >= 15 is 0 Å². The molecule has 0 heterocycles. The lowest BCUT2D eigenvalue weighted by molar-refractivity contribution is 0.354. The maximum absolute atomic E-state index is 5.16. The lowest BCUT2D eigenvalue weighted by Crippen LogP contribution is -1.91. The number of allylic oxidation sites excluding steroid dienone is 1. The third-order valence-electron chi connectivity index (χ3n) is 3.57. The number of hydrogen-bond acceptors (Lipinski definition) is 2. The molecule has 0 bridgehead atoms. The summed E-state index contributed by atoms with van der Waals surface area (Å²) < 4.78 is 10.3. The molecule has 2 rings (SSSR count). The maximum Gasteiger partial charge on any atom is 0.160 e. The summed E-state index contributed by atoms with van der Waals surface area (Å²) in [6, 6.07) is 14.6. The molecule has 0 aliphatic rings. The molecule has 0 saturated heterocycles. The van der Waals surface area contributed by atoms with Gasteiger partial charge in [-0.15, -0.1) is 6.58 Å². The number of methoxy groups -OCH3 is 2. The van der Waals surface area contributed by atoms with E-state index < -0.39 is 0 Å². The van der Waals surface area contributed by atoms with E-state index in [-0.39, 0.29) is 0 Å². The Morgan fingerprint density at radius 1 is 0.957 bits per heavy atom. The molecule has 2 aromatic carbocycles. The fourth-order valence-electron chi connectivity index (χ4n) is 2.13. The number of benzene rings is 2. The molecule has 0 spiro atoms. The van der Waals surface area contributed by atoms with Gasteiger partial charge in [0.2, 0.25) is 0 Å². The summed E-state index contributed by atoms with van der Waals surface area (Å²) in [6.45, 7) is 10.2. The molecule has 0 radical (unpaired) electrons.